The summed E-state index contributed by atoms with van der Waals surface area (Å²) in [7, 11) is 0. The second-order valence-electron chi connectivity index (χ2n) is 31.8. The maximum Gasteiger partial charge on any atom is 0.364 e. The summed E-state index contributed by atoms with van der Waals surface area (Å²) in [5.74, 6) is -29.9. The molecule has 44 atom stereocenters. The second-order valence-corrected chi connectivity index (χ2v) is 31.8. The summed E-state index contributed by atoms with van der Waals surface area (Å²) in [5, 5.41) is 345. The van der Waals surface area contributed by atoms with Crippen molar-refractivity contribution in [2.75, 3.05) is 59.5 Å². The lowest BCUT2D eigenvalue weighted by atomic mass is 9.86. The van der Waals surface area contributed by atoms with Gasteiger partial charge in [0.25, 0.3) is 23.1 Å². The number of hydrogen-bond acceptors (Lipinski definition) is 50. The highest BCUT2D eigenvalue weighted by Crippen LogP contribution is 2.46. The molecular formula is C70H113N5O54. The Balaban J connectivity index is 1.19. The van der Waals surface area contributed by atoms with Crippen LogP contribution in [0.4, 0.5) is 0 Å². The molecule has 0 aliphatic carbocycles. The Morgan fingerprint density at radius 3 is 1.01 bits per heavy atom. The molecule has 1 unspecified atom stereocenters. The van der Waals surface area contributed by atoms with E-state index in [0.717, 1.165) is 27.7 Å². The van der Waals surface area contributed by atoms with Crippen molar-refractivity contribution in [1.82, 2.24) is 26.6 Å². The number of aliphatic carboxylic acids is 4. The fourth-order valence-corrected chi connectivity index (χ4v) is 16.3. The van der Waals surface area contributed by atoms with E-state index in [9.17, 15) is 196 Å². The standard InChI is InChI=1S/C70H113N5O54/c1-18(85)71-35-23(90)7-69(65(111)112,125-53(35)40(96)26(93)9-76)128-57-43(99)29(12-79)117-61(48(57)104)121-52-39(74-21(4)88)60(116-28(11-78)42(52)98)120-51-33(16-83)118-62(119-50-32(15-82)115-59(106)47(103)46(50)102)49(105)58(51)129-70(66(113)114)8-24(91)37(73-20(3)87)56(127-70)45(101)31(14-81)123-68(64(109)110)5-22(89)36(72-19(2)86)55(126-68)44(100)30(13-80)122-67(63(107)108)6-25(92)38(75-34(95)17-84)54(124-67)41(97)27(94)10-77/h22-33,35-62,76-84,89-94,96-106H,5-17H2,1-4H3,(H,71,85)(H,72,86)(H,73,87)(H,74,88)(H,75,95)(H,107,108)(H,109,110)(H,111,112)(H,113,114)/t22-,23-,24-,25-,26+,27+,28+,29+,30+,31+,32+,33+,35+,36+,37+,38+,39+,40+,41+,42-,43-,44+,45+,46+,47+,48+,49+,50+,51-,52+,53+,54+,55+,56+,57-,58+,59?,60-,61-,62-,67+,68+,69-,70-/m0/s1. The lowest BCUT2D eigenvalue weighted by Gasteiger charge is -2.53. The van der Waals surface area contributed by atoms with Crippen molar-refractivity contribution in [3.63, 3.8) is 0 Å². The van der Waals surface area contributed by atoms with Crippen molar-refractivity contribution in [2.24, 2.45) is 0 Å². The van der Waals surface area contributed by atoms with Crippen LogP contribution in [0, 0.1) is 0 Å². The van der Waals surface area contributed by atoms with E-state index in [4.69, 9.17) is 71.1 Å². The van der Waals surface area contributed by atoms with Crippen LogP contribution in [0.2, 0.25) is 0 Å². The summed E-state index contributed by atoms with van der Waals surface area (Å²) in [6.07, 6.45) is -93.0. The summed E-state index contributed by atoms with van der Waals surface area (Å²) in [6.45, 7) is -9.64. The topological polar surface area (TPSA) is 959 Å². The number of carbonyl (C=O) groups is 9. The van der Waals surface area contributed by atoms with Gasteiger partial charge in [-0.2, -0.15) is 0 Å². The number of rotatable bonds is 40. The normalized spacial score (nSPS) is 42.3. The van der Waals surface area contributed by atoms with Crippen molar-refractivity contribution in [3.05, 3.63) is 0 Å². The molecule has 129 heavy (non-hydrogen) atoms. The first kappa shape index (κ1) is 108. The van der Waals surface area contributed by atoms with Gasteiger partial charge in [0.15, 0.2) is 25.2 Å². The average molecular weight is 1890 g/mol. The van der Waals surface area contributed by atoms with Crippen LogP contribution in [0.1, 0.15) is 53.4 Å². The van der Waals surface area contributed by atoms with Gasteiger partial charge >= 0.3 is 23.9 Å². The van der Waals surface area contributed by atoms with Gasteiger partial charge in [0, 0.05) is 53.4 Å². The minimum Gasteiger partial charge on any atom is -0.477 e. The van der Waals surface area contributed by atoms with Crippen molar-refractivity contribution >= 4 is 53.4 Å². The molecule has 59 heteroatoms. The van der Waals surface area contributed by atoms with E-state index < -0.39 is 406 Å². The molecule has 0 saturated carbocycles. The molecule has 0 spiro atoms. The van der Waals surface area contributed by atoms with E-state index in [1.54, 1.807) is 0 Å². The maximum atomic E-state index is 14.5. The number of aliphatic hydroxyl groups is 26. The quantitative estimate of drug-likeness (QED) is 0.0271. The van der Waals surface area contributed by atoms with Crippen molar-refractivity contribution in [1.29, 1.82) is 0 Å². The minimum absolute atomic E-state index is 0.748. The first-order chi connectivity index (χ1) is 60.4. The zero-order chi connectivity index (χ0) is 96.6. The van der Waals surface area contributed by atoms with Gasteiger partial charge in [0.1, 0.15) is 177 Å². The van der Waals surface area contributed by atoms with E-state index in [2.05, 4.69) is 21.3 Å². The number of carboxylic acid groups (broad SMARTS) is 4. The highest BCUT2D eigenvalue weighted by molar-refractivity contribution is 5.80. The molecule has 8 aliphatic heterocycles. The monoisotopic (exact) mass is 1890 g/mol. The maximum absolute atomic E-state index is 14.5. The number of ether oxygens (including phenoxy) is 15. The molecule has 8 heterocycles. The highest BCUT2D eigenvalue weighted by atomic mass is 16.8. The Bertz CT molecular complexity index is 3740. The fourth-order valence-electron chi connectivity index (χ4n) is 16.3. The summed E-state index contributed by atoms with van der Waals surface area (Å²) < 4.78 is 87.4. The van der Waals surface area contributed by atoms with Crippen LogP contribution in [0.25, 0.3) is 0 Å². The summed E-state index contributed by atoms with van der Waals surface area (Å²) >= 11 is 0. The average Bonchev–Trinajstić information content (AvgIpc) is 0.732. The predicted molar refractivity (Wildman–Crippen MR) is 393 cm³/mol. The number of aliphatic hydroxyl groups excluding tert-OH is 26. The molecule has 0 bridgehead atoms. The third-order valence-corrected chi connectivity index (χ3v) is 22.7. The van der Waals surface area contributed by atoms with E-state index in [-0.39, 0.29) is 0 Å². The SMILES string of the molecule is CC(=O)N[C@H]1[C@H](O[C@@H]2[C@H](O[C@]3(C(=O)O)C[C@H](O)[C@@H](NC(C)=O)[C@H]([C@H](O)[C@@H](CO)O[C@]4(C(=O)O)C[C@H](O)[C@@H](NC(C)=O)[C@H]([C@H](O)[C@@H](CO)O[C@]5(C(=O)O)C[C@H](O)[C@@H](NC(=O)CO)[C@H]([C@H](O)[C@H](O)CO)O5)O4)O3)[C@@H](O)[C@H](O[C@H]3[C@H](O)[C@@H](O)C(O)O[C@@H]3CO)O[C@@H]2CO)O[C@H](CO)[C@H](O)[C@@H]1O[C@@H]1O[C@H](CO)[C@H](O)[C@H](O[C@]2(C(=O)O)C[C@H](O)[C@@H](NC(C)=O)[C@H]([C@H](O)[C@H](O)CO)O2)[C@H]1O. The number of carboxylic acids is 4. The van der Waals surface area contributed by atoms with Crippen molar-refractivity contribution < 1.29 is 267 Å². The zero-order valence-corrected chi connectivity index (χ0v) is 68.5. The largest absolute Gasteiger partial charge is 0.477 e. The molecular weight excluding hydrogens is 1770 g/mol. The van der Waals surface area contributed by atoms with Gasteiger partial charge in [-0.05, 0) is 0 Å². The molecule has 8 rings (SSSR count). The second kappa shape index (κ2) is 45.3. The third-order valence-electron chi connectivity index (χ3n) is 22.7. The van der Waals surface area contributed by atoms with Gasteiger partial charge < -0.3 is 251 Å². The predicted octanol–water partition coefficient (Wildman–Crippen LogP) is -21.9. The van der Waals surface area contributed by atoms with Crippen LogP contribution in [0.15, 0.2) is 0 Å². The van der Waals surface area contributed by atoms with Gasteiger partial charge in [0.2, 0.25) is 29.5 Å². The van der Waals surface area contributed by atoms with E-state index in [0.29, 0.717) is 0 Å². The molecule has 59 nitrogen and oxygen atoms in total. The zero-order valence-electron chi connectivity index (χ0n) is 68.5. The molecule has 5 amide bonds. The van der Waals surface area contributed by atoms with E-state index in [1.807, 2.05) is 5.32 Å². The van der Waals surface area contributed by atoms with Gasteiger partial charge in [-0.1, -0.05) is 0 Å². The highest BCUT2D eigenvalue weighted by Gasteiger charge is 2.67. The molecule has 0 aromatic rings. The van der Waals surface area contributed by atoms with E-state index >= 15 is 0 Å². The van der Waals surface area contributed by atoms with Gasteiger partial charge in [-0.25, -0.2) is 19.2 Å². The third kappa shape index (κ3) is 23.6. The van der Waals surface area contributed by atoms with Crippen LogP contribution in [0.5, 0.6) is 0 Å². The lowest BCUT2D eigenvalue weighted by Crippen LogP contribution is -2.73. The Kier molecular flexibility index (Phi) is 37.9. The number of amides is 5. The Morgan fingerprint density at radius 1 is 0.333 bits per heavy atom. The Hall–Kier alpha value is -6.41. The van der Waals surface area contributed by atoms with Crippen LogP contribution < -0.4 is 26.6 Å². The molecule has 8 aliphatic rings. The Morgan fingerprint density at radius 2 is 0.643 bits per heavy atom. The van der Waals surface area contributed by atoms with Crippen molar-refractivity contribution in [3.8, 4) is 0 Å². The molecule has 8 fully saturated rings. The first-order valence-corrected chi connectivity index (χ1v) is 39.8. The van der Waals surface area contributed by atoms with Crippen LogP contribution in [-0.2, 0) is 114 Å². The number of carbonyl (C=O) groups excluding carboxylic acids is 5. The fraction of sp³-hybridized carbons (Fsp3) is 0.871. The van der Waals surface area contributed by atoms with Crippen LogP contribution >= 0.6 is 0 Å². The van der Waals surface area contributed by atoms with Crippen LogP contribution in [0.3, 0.4) is 0 Å². The molecule has 8 saturated heterocycles. The van der Waals surface area contributed by atoms with Gasteiger partial charge in [-0.3, -0.25) is 24.0 Å². The molecule has 742 valence electrons. The molecule has 0 radical (unpaired) electrons. The van der Waals surface area contributed by atoms with Gasteiger partial charge in [-0.15, -0.1) is 0 Å². The minimum atomic E-state index is -3.90. The molecule has 0 aromatic carbocycles. The summed E-state index contributed by atoms with van der Waals surface area (Å²) in [5.41, 5.74) is 0. The van der Waals surface area contributed by atoms with Crippen LogP contribution in [-0.4, -0.2) is 534 Å². The lowest BCUT2D eigenvalue weighted by molar-refractivity contribution is -0.405. The summed E-state index contributed by atoms with van der Waals surface area (Å²) in [6, 6.07) is -10.6. The smallest absolute Gasteiger partial charge is 0.364 e. The number of hydrogen-bond donors (Lipinski definition) is 35. The van der Waals surface area contributed by atoms with Gasteiger partial charge in [0.05, 0.1) is 101 Å². The first-order valence-electron chi connectivity index (χ1n) is 39.8. The number of nitrogens with one attached hydrogen (secondary N) is 5. The summed E-state index contributed by atoms with van der Waals surface area (Å²) in [4.78, 5) is 119. The molecule has 0 aromatic heterocycles. The Labute approximate surface area is 726 Å². The van der Waals surface area contributed by atoms with E-state index in [1.165, 1.54) is 0 Å². The molecule has 35 N–H and O–H groups in total. The van der Waals surface area contributed by atoms with Crippen molar-refractivity contribution in [2.45, 2.75) is 321 Å².